The molecule has 3 heterocycles. The second kappa shape index (κ2) is 9.44. The maximum atomic E-state index is 13.7. The van der Waals surface area contributed by atoms with Crippen molar-refractivity contribution in [1.29, 1.82) is 0 Å². The highest BCUT2D eigenvalue weighted by Gasteiger charge is 2.35. The maximum absolute atomic E-state index is 13.7. The number of thiazole rings is 1. The van der Waals surface area contributed by atoms with E-state index >= 15 is 0 Å². The fourth-order valence-corrected chi connectivity index (χ4v) is 4.80. The van der Waals surface area contributed by atoms with Crippen molar-refractivity contribution in [1.82, 2.24) is 15.3 Å². The number of hydrogen-bond acceptors (Lipinski definition) is 6. The van der Waals surface area contributed by atoms with Gasteiger partial charge in [-0.25, -0.2) is 4.98 Å². The highest BCUT2D eigenvalue weighted by molar-refractivity contribution is 7.17. The molecule has 1 N–H and O–H groups in total. The summed E-state index contributed by atoms with van der Waals surface area (Å²) in [4.78, 5) is 37.5. The van der Waals surface area contributed by atoms with Crippen LogP contribution in [0.2, 0.25) is 0 Å². The highest BCUT2D eigenvalue weighted by atomic mass is 32.1. The van der Waals surface area contributed by atoms with Crippen molar-refractivity contribution >= 4 is 28.8 Å². The Morgan fingerprint density at radius 2 is 1.88 bits per heavy atom. The van der Waals surface area contributed by atoms with Gasteiger partial charge in [0.2, 0.25) is 0 Å². The van der Waals surface area contributed by atoms with Crippen LogP contribution in [0.15, 0.2) is 79.1 Å². The number of aromatic nitrogens is 2. The molecule has 2 amide bonds. The lowest BCUT2D eigenvalue weighted by Gasteiger charge is -2.34. The van der Waals surface area contributed by atoms with Gasteiger partial charge in [-0.05, 0) is 36.8 Å². The van der Waals surface area contributed by atoms with Gasteiger partial charge in [0.25, 0.3) is 11.8 Å². The van der Waals surface area contributed by atoms with Crippen LogP contribution in [0.1, 0.15) is 20.9 Å². The Kier molecular flexibility index (Phi) is 6.05. The Hall–Kier alpha value is -4.04. The average Bonchev–Trinajstić information content (AvgIpc) is 3.28. The van der Waals surface area contributed by atoms with Gasteiger partial charge in [0, 0.05) is 24.5 Å². The summed E-state index contributed by atoms with van der Waals surface area (Å²) in [5, 5.41) is 3.65. The number of para-hydroxylation sites is 2. The van der Waals surface area contributed by atoms with Crippen LogP contribution in [0, 0.1) is 6.92 Å². The van der Waals surface area contributed by atoms with Crippen molar-refractivity contribution in [2.24, 2.45) is 0 Å². The van der Waals surface area contributed by atoms with Crippen LogP contribution in [0.25, 0.3) is 10.6 Å². The summed E-state index contributed by atoms with van der Waals surface area (Å²) < 4.78 is 5.98. The molecule has 0 aliphatic carbocycles. The minimum atomic E-state index is -0.825. The molecular weight excluding hydrogens is 448 g/mol. The fraction of sp³-hybridized carbons (Fsp3) is 0.154. The van der Waals surface area contributed by atoms with Crippen LogP contribution < -0.4 is 15.0 Å². The molecule has 0 bridgehead atoms. The van der Waals surface area contributed by atoms with E-state index in [1.54, 1.807) is 23.4 Å². The van der Waals surface area contributed by atoms with E-state index in [4.69, 9.17) is 4.74 Å². The fourth-order valence-electron chi connectivity index (χ4n) is 3.79. The van der Waals surface area contributed by atoms with Crippen molar-refractivity contribution in [3.05, 3.63) is 95.3 Å². The van der Waals surface area contributed by atoms with E-state index in [-0.39, 0.29) is 18.4 Å². The minimum Gasteiger partial charge on any atom is -0.477 e. The normalized spacial score (nSPS) is 14.7. The molecule has 0 saturated carbocycles. The molecule has 1 aliphatic heterocycles. The average molecular weight is 471 g/mol. The number of benzene rings is 2. The van der Waals surface area contributed by atoms with E-state index in [1.165, 1.54) is 11.3 Å². The van der Waals surface area contributed by atoms with Gasteiger partial charge < -0.3 is 10.1 Å². The number of ether oxygens (including phenoxy) is 1. The van der Waals surface area contributed by atoms with E-state index in [2.05, 4.69) is 15.3 Å². The van der Waals surface area contributed by atoms with Crippen LogP contribution in [-0.2, 0) is 11.3 Å². The van der Waals surface area contributed by atoms with E-state index in [0.29, 0.717) is 28.6 Å². The lowest BCUT2D eigenvalue weighted by atomic mass is 10.1. The van der Waals surface area contributed by atoms with Crippen LogP contribution in [0.4, 0.5) is 5.69 Å². The number of carbonyl (C=O) groups excluding carboxylic acids is 2. The van der Waals surface area contributed by atoms with E-state index in [0.717, 1.165) is 16.1 Å². The monoisotopic (exact) mass is 470 g/mol. The third-order valence-electron chi connectivity index (χ3n) is 5.52. The van der Waals surface area contributed by atoms with Gasteiger partial charge in [0.05, 0.1) is 17.9 Å². The second-order valence-electron chi connectivity index (χ2n) is 7.87. The standard InChI is InChI=1S/C26H22N4O3S/c1-17-23(34-25(29-17)19-10-7-13-27-15-19)26(32)30-16-22(33-21-12-6-5-11-20(21)30)24(31)28-14-18-8-3-2-4-9-18/h2-13,15,22H,14,16H2,1H3,(H,28,31). The van der Waals surface area contributed by atoms with Crippen LogP contribution in [-0.4, -0.2) is 34.4 Å². The van der Waals surface area contributed by atoms with Gasteiger partial charge in [0.15, 0.2) is 6.10 Å². The predicted molar refractivity (Wildman–Crippen MR) is 131 cm³/mol. The summed E-state index contributed by atoms with van der Waals surface area (Å²) in [6.07, 6.45) is 2.60. The molecule has 0 radical (unpaired) electrons. The molecule has 1 atom stereocenters. The minimum absolute atomic E-state index is 0.107. The Morgan fingerprint density at radius 3 is 2.68 bits per heavy atom. The molecule has 8 heteroatoms. The Labute approximate surface area is 201 Å². The third-order valence-corrected chi connectivity index (χ3v) is 6.71. The largest absolute Gasteiger partial charge is 0.477 e. The van der Waals surface area contributed by atoms with Crippen molar-refractivity contribution in [2.75, 3.05) is 11.4 Å². The number of aryl methyl sites for hydroxylation is 1. The zero-order valence-corrected chi connectivity index (χ0v) is 19.3. The molecule has 170 valence electrons. The van der Waals surface area contributed by atoms with Gasteiger partial charge in [0.1, 0.15) is 15.6 Å². The van der Waals surface area contributed by atoms with Gasteiger partial charge in [-0.1, -0.05) is 42.5 Å². The number of rotatable bonds is 5. The van der Waals surface area contributed by atoms with Crippen molar-refractivity contribution in [3.63, 3.8) is 0 Å². The molecule has 2 aromatic heterocycles. The zero-order valence-electron chi connectivity index (χ0n) is 18.5. The molecule has 1 unspecified atom stereocenters. The molecule has 2 aromatic carbocycles. The summed E-state index contributed by atoms with van der Waals surface area (Å²) >= 11 is 1.32. The SMILES string of the molecule is Cc1nc(-c2cccnc2)sc1C(=O)N1CC(C(=O)NCc2ccccc2)Oc2ccccc21. The number of anilines is 1. The van der Waals surface area contributed by atoms with Crippen LogP contribution in [0.5, 0.6) is 5.75 Å². The van der Waals surface area contributed by atoms with Crippen molar-refractivity contribution in [2.45, 2.75) is 19.6 Å². The molecule has 1 aliphatic rings. The molecule has 0 saturated heterocycles. The van der Waals surface area contributed by atoms with Crippen LogP contribution >= 0.6 is 11.3 Å². The quantitative estimate of drug-likeness (QED) is 0.472. The summed E-state index contributed by atoms with van der Waals surface area (Å²) in [5.74, 6) is 0.0200. The molecule has 0 fully saturated rings. The second-order valence-corrected chi connectivity index (χ2v) is 8.87. The number of fused-ring (bicyclic) bond motifs is 1. The number of pyridine rings is 1. The number of hydrogen-bond donors (Lipinski definition) is 1. The number of amides is 2. The molecule has 5 rings (SSSR count). The molecule has 0 spiro atoms. The highest BCUT2D eigenvalue weighted by Crippen LogP contribution is 2.36. The Balaban J connectivity index is 1.40. The molecular formula is C26H22N4O3S. The molecule has 4 aromatic rings. The Bertz CT molecular complexity index is 1320. The first-order chi connectivity index (χ1) is 16.6. The Morgan fingerprint density at radius 1 is 1.09 bits per heavy atom. The predicted octanol–water partition coefficient (Wildman–Crippen LogP) is 4.24. The van der Waals surface area contributed by atoms with Gasteiger partial charge >= 0.3 is 0 Å². The van der Waals surface area contributed by atoms with Crippen molar-refractivity contribution in [3.8, 4) is 16.3 Å². The first kappa shape index (κ1) is 21.8. The summed E-state index contributed by atoms with van der Waals surface area (Å²) in [5.41, 5.74) is 3.12. The van der Waals surface area contributed by atoms with E-state index in [1.807, 2.05) is 67.6 Å². The first-order valence-electron chi connectivity index (χ1n) is 10.9. The lowest BCUT2D eigenvalue weighted by Crippen LogP contribution is -2.50. The third kappa shape index (κ3) is 4.40. The van der Waals surface area contributed by atoms with Crippen LogP contribution in [0.3, 0.4) is 0 Å². The van der Waals surface area contributed by atoms with E-state index < -0.39 is 6.10 Å². The summed E-state index contributed by atoms with van der Waals surface area (Å²) in [6.45, 7) is 2.31. The van der Waals surface area contributed by atoms with E-state index in [9.17, 15) is 9.59 Å². The van der Waals surface area contributed by atoms with Gasteiger partial charge in [-0.15, -0.1) is 11.3 Å². The topological polar surface area (TPSA) is 84.4 Å². The first-order valence-corrected chi connectivity index (χ1v) is 11.7. The number of carbonyl (C=O) groups is 2. The molecule has 7 nitrogen and oxygen atoms in total. The smallest absolute Gasteiger partial charge is 0.270 e. The maximum Gasteiger partial charge on any atom is 0.270 e. The lowest BCUT2D eigenvalue weighted by molar-refractivity contribution is -0.127. The van der Waals surface area contributed by atoms with Gasteiger partial charge in [-0.3, -0.25) is 19.5 Å². The van der Waals surface area contributed by atoms with Gasteiger partial charge in [-0.2, -0.15) is 0 Å². The number of nitrogens with zero attached hydrogens (tertiary/aromatic N) is 3. The number of nitrogens with one attached hydrogen (secondary N) is 1. The summed E-state index contributed by atoms with van der Waals surface area (Å²) in [6, 6.07) is 20.7. The molecule has 34 heavy (non-hydrogen) atoms. The zero-order chi connectivity index (χ0) is 23.5. The summed E-state index contributed by atoms with van der Waals surface area (Å²) in [7, 11) is 0. The van der Waals surface area contributed by atoms with Crippen molar-refractivity contribution < 1.29 is 14.3 Å².